The van der Waals surface area contributed by atoms with Crippen molar-refractivity contribution in [1.82, 2.24) is 0 Å². The van der Waals surface area contributed by atoms with Crippen LogP contribution < -0.4 is 5.32 Å². The van der Waals surface area contributed by atoms with Crippen LogP contribution >= 0.6 is 45.8 Å². The van der Waals surface area contributed by atoms with Crippen molar-refractivity contribution in [2.45, 2.75) is 74.4 Å². The second kappa shape index (κ2) is 11.4. The predicted molar refractivity (Wildman–Crippen MR) is 152 cm³/mol. The summed E-state index contributed by atoms with van der Waals surface area (Å²) < 4.78 is 52.6. The average Bonchev–Trinajstić information content (AvgIpc) is 3.74. The van der Waals surface area contributed by atoms with Gasteiger partial charge in [-0.1, -0.05) is 48.3 Å². The van der Waals surface area contributed by atoms with Crippen molar-refractivity contribution < 1.29 is 32.2 Å². The Labute approximate surface area is 249 Å². The Morgan fingerprint density at radius 3 is 2.15 bits per heavy atom. The third-order valence-corrected chi connectivity index (χ3v) is 7.77. The van der Waals surface area contributed by atoms with E-state index in [1.807, 2.05) is 22.6 Å². The van der Waals surface area contributed by atoms with E-state index in [-0.39, 0.29) is 28.3 Å². The monoisotopic (exact) mass is 697 g/mol. The van der Waals surface area contributed by atoms with Gasteiger partial charge in [-0.05, 0) is 97.5 Å². The van der Waals surface area contributed by atoms with Gasteiger partial charge in [-0.25, -0.2) is 0 Å². The predicted octanol–water partition coefficient (Wildman–Crippen LogP) is 8.63. The van der Waals surface area contributed by atoms with E-state index in [1.54, 1.807) is 32.0 Å². The molecule has 2 aromatic carbocycles. The maximum Gasteiger partial charge on any atom is 0.392 e. The maximum absolute atomic E-state index is 13.8. The summed E-state index contributed by atoms with van der Waals surface area (Å²) in [7, 11) is 0. The van der Waals surface area contributed by atoms with Crippen LogP contribution in [0.1, 0.15) is 69.6 Å². The highest BCUT2D eigenvalue weighted by atomic mass is 127. The van der Waals surface area contributed by atoms with Crippen LogP contribution in [-0.2, 0) is 19.1 Å². The summed E-state index contributed by atoms with van der Waals surface area (Å²) in [6.45, 7) is 4.54. The second-order valence-corrected chi connectivity index (χ2v) is 14.2. The van der Waals surface area contributed by atoms with Gasteiger partial charge in [0.2, 0.25) is 5.91 Å². The van der Waals surface area contributed by atoms with Crippen molar-refractivity contribution in [3.63, 3.8) is 0 Å². The highest BCUT2D eigenvalue weighted by Gasteiger charge is 2.60. The number of esters is 1. The zero-order chi connectivity index (χ0) is 28.8. The summed E-state index contributed by atoms with van der Waals surface area (Å²) >= 11 is 14.4. The zero-order valence-electron chi connectivity index (χ0n) is 21.6. The third-order valence-electron chi connectivity index (χ3n) is 6.96. The van der Waals surface area contributed by atoms with E-state index in [2.05, 4.69) is 5.32 Å². The van der Waals surface area contributed by atoms with E-state index < -0.39 is 39.0 Å². The topological polar surface area (TPSA) is 64.6 Å². The summed E-state index contributed by atoms with van der Waals surface area (Å²) in [6, 6.07) is 10.5. The fraction of sp³-hybridized carbons (Fsp3) is 0.500. The van der Waals surface area contributed by atoms with Gasteiger partial charge in [-0.2, -0.15) is 13.2 Å². The molecule has 2 saturated carbocycles. The number of hydrogen-bond acceptors (Lipinski definition) is 4. The van der Waals surface area contributed by atoms with Crippen LogP contribution in [0, 0.1) is 11.3 Å². The molecule has 3 atom stereocenters. The molecule has 1 amide bonds. The lowest BCUT2D eigenvalue weighted by molar-refractivity contribution is -0.178. The quantitative estimate of drug-likeness (QED) is 0.153. The van der Waals surface area contributed by atoms with Gasteiger partial charge in [0.05, 0.1) is 40.2 Å². The maximum atomic E-state index is 13.8. The Kier molecular flexibility index (Phi) is 8.86. The zero-order valence-corrected chi connectivity index (χ0v) is 25.2. The number of nitrogens with one attached hydrogen (secondary N) is 1. The van der Waals surface area contributed by atoms with Gasteiger partial charge in [-0.3, -0.25) is 9.59 Å². The molecule has 0 saturated heterocycles. The largest absolute Gasteiger partial charge is 0.448 e. The lowest BCUT2D eigenvalue weighted by Crippen LogP contribution is -2.34. The number of rotatable bonds is 10. The molecule has 11 heteroatoms. The van der Waals surface area contributed by atoms with Crippen LogP contribution in [0.25, 0.3) is 0 Å². The molecular weight excluding hydrogens is 669 g/mol. The number of carbonyl (C=O) groups is 2. The minimum absolute atomic E-state index is 0.00327. The van der Waals surface area contributed by atoms with E-state index >= 15 is 0 Å². The average molecular weight is 698 g/mol. The van der Waals surface area contributed by atoms with E-state index in [0.717, 1.165) is 19.8 Å². The molecule has 0 aromatic heterocycles. The number of carbonyl (C=O) groups excluding carboxylic acids is 2. The molecule has 39 heavy (non-hydrogen) atoms. The van der Waals surface area contributed by atoms with Gasteiger partial charge in [0, 0.05) is 5.02 Å². The molecule has 1 unspecified atom stereocenters. The van der Waals surface area contributed by atoms with E-state index in [0.29, 0.717) is 23.4 Å². The first-order chi connectivity index (χ1) is 18.1. The van der Waals surface area contributed by atoms with Crippen molar-refractivity contribution in [3.05, 3.63) is 63.6 Å². The Morgan fingerprint density at radius 2 is 1.64 bits per heavy atom. The molecule has 2 aliphatic carbocycles. The van der Waals surface area contributed by atoms with E-state index in [1.165, 1.54) is 24.3 Å². The highest BCUT2D eigenvalue weighted by Crippen LogP contribution is 2.59. The van der Waals surface area contributed by atoms with Crippen LogP contribution in [0.15, 0.2) is 42.5 Å². The smallest absolute Gasteiger partial charge is 0.392 e. The van der Waals surface area contributed by atoms with Crippen LogP contribution in [0.4, 0.5) is 18.9 Å². The Balaban J connectivity index is 1.65. The number of ether oxygens (including phenoxy) is 2. The molecule has 5 nitrogen and oxygen atoms in total. The lowest BCUT2D eigenvalue weighted by Gasteiger charge is -2.30. The Hall–Kier alpha value is -1.56. The Bertz CT molecular complexity index is 1220. The standard InChI is InChI=1S/C28H29Cl2F3INO4/c1-15(28(31,32)33)22(16-4-7-18(29)8-5-16)24(36)35-21-14-17(6-11-20(21)30)23(38-19-9-10-19)27(12-13-27)25(37)39-26(2,3)34/h4-8,11,14-15,19,22-23H,9-10,12-13H2,1-3H3,(H,35,36)/t15-,22+,23?/m1/s1. The van der Waals surface area contributed by atoms with Crippen LogP contribution in [0.5, 0.6) is 0 Å². The summed E-state index contributed by atoms with van der Waals surface area (Å²) in [5, 5.41) is 3.09. The van der Waals surface area contributed by atoms with Gasteiger partial charge >= 0.3 is 12.1 Å². The summed E-state index contributed by atoms with van der Waals surface area (Å²) in [6.07, 6.45) is -2.39. The SMILES string of the molecule is C[C@H]([C@H](C(=O)Nc1cc(C(OC2CC2)C2(C(=O)OC(C)(C)I)CC2)ccc1Cl)c1ccc(Cl)cc1)C(F)(F)F. The number of halogens is 6. The van der Waals surface area contributed by atoms with E-state index in [4.69, 9.17) is 32.7 Å². The van der Waals surface area contributed by atoms with Crippen molar-refractivity contribution in [1.29, 1.82) is 0 Å². The van der Waals surface area contributed by atoms with Crippen molar-refractivity contribution in [2.75, 3.05) is 5.32 Å². The minimum atomic E-state index is -4.62. The number of alkyl halides is 4. The first kappa shape index (κ1) is 30.4. The van der Waals surface area contributed by atoms with Gasteiger partial charge in [0.1, 0.15) is 0 Å². The third kappa shape index (κ3) is 7.40. The van der Waals surface area contributed by atoms with E-state index in [9.17, 15) is 22.8 Å². The van der Waals surface area contributed by atoms with Crippen LogP contribution in [0.3, 0.4) is 0 Å². The summed E-state index contributed by atoms with van der Waals surface area (Å²) in [4.78, 5) is 26.6. The fourth-order valence-electron chi connectivity index (χ4n) is 4.49. The summed E-state index contributed by atoms with van der Waals surface area (Å²) in [5.41, 5.74) is 0.0195. The molecule has 1 N–H and O–H groups in total. The molecule has 2 aliphatic rings. The molecule has 0 aliphatic heterocycles. The molecule has 2 fully saturated rings. The van der Waals surface area contributed by atoms with Gasteiger partial charge < -0.3 is 14.8 Å². The Morgan fingerprint density at radius 1 is 1.05 bits per heavy atom. The van der Waals surface area contributed by atoms with Gasteiger partial charge in [-0.15, -0.1) is 0 Å². The highest BCUT2D eigenvalue weighted by molar-refractivity contribution is 14.1. The van der Waals surface area contributed by atoms with Crippen molar-refractivity contribution in [2.24, 2.45) is 11.3 Å². The molecule has 2 aromatic rings. The molecule has 4 rings (SSSR count). The first-order valence-electron chi connectivity index (χ1n) is 12.6. The molecular formula is C28H29Cl2F3INO4. The second-order valence-electron chi connectivity index (χ2n) is 10.7. The minimum Gasteiger partial charge on any atom is -0.448 e. The lowest BCUT2D eigenvalue weighted by atomic mass is 9.85. The molecule has 0 radical (unpaired) electrons. The van der Waals surface area contributed by atoms with Crippen LogP contribution in [-0.4, -0.2) is 27.8 Å². The van der Waals surface area contributed by atoms with Crippen LogP contribution in [0.2, 0.25) is 10.0 Å². The van der Waals surface area contributed by atoms with Gasteiger partial charge in [0.15, 0.2) is 3.61 Å². The number of benzene rings is 2. The first-order valence-corrected chi connectivity index (χ1v) is 14.4. The van der Waals surface area contributed by atoms with Gasteiger partial charge in [0.25, 0.3) is 0 Å². The molecule has 212 valence electrons. The summed E-state index contributed by atoms with van der Waals surface area (Å²) in [5.74, 6) is -4.76. The molecule has 0 heterocycles. The van der Waals surface area contributed by atoms with Crippen molar-refractivity contribution in [3.8, 4) is 0 Å². The number of amides is 1. The number of hydrogen-bond donors (Lipinski definition) is 1. The fourth-order valence-corrected chi connectivity index (χ4v) is 4.98. The molecule has 0 bridgehead atoms. The number of anilines is 1. The molecule has 0 spiro atoms. The van der Waals surface area contributed by atoms with Crippen molar-refractivity contribution >= 4 is 63.4 Å². The normalized spacial score (nSPS) is 19.1.